The van der Waals surface area contributed by atoms with Crippen molar-refractivity contribution >= 4 is 16.7 Å². The van der Waals surface area contributed by atoms with Crippen LogP contribution < -0.4 is 9.47 Å². The summed E-state index contributed by atoms with van der Waals surface area (Å²) in [6.45, 7) is 4.39. The Balaban J connectivity index is 2.15. The average molecular weight is 348 g/mol. The highest BCUT2D eigenvalue weighted by Gasteiger charge is 2.32. The number of aryl methyl sites for hydroxylation is 2. The number of cyclic esters (lactones) is 1. The van der Waals surface area contributed by atoms with Crippen LogP contribution in [-0.2, 0) is 11.3 Å². The average Bonchev–Trinajstić information content (AvgIpc) is 3.02. The summed E-state index contributed by atoms with van der Waals surface area (Å²) in [4.78, 5) is 12.5. The fourth-order valence-electron chi connectivity index (χ4n) is 3.64. The molecule has 0 saturated carbocycles. The van der Waals surface area contributed by atoms with E-state index in [1.165, 1.54) is 11.1 Å². The molecule has 1 aliphatic heterocycles. The quantitative estimate of drug-likeness (QED) is 0.637. The maximum atomic E-state index is 12.5. The van der Waals surface area contributed by atoms with Crippen molar-refractivity contribution in [2.45, 2.75) is 20.5 Å². The summed E-state index contributed by atoms with van der Waals surface area (Å²) in [7, 11) is 3.28. The van der Waals surface area contributed by atoms with Crippen LogP contribution in [0.1, 0.15) is 27.0 Å². The molecule has 3 aromatic carbocycles. The number of rotatable bonds is 3. The number of esters is 1. The van der Waals surface area contributed by atoms with Crippen LogP contribution in [0.2, 0.25) is 0 Å². The summed E-state index contributed by atoms with van der Waals surface area (Å²) in [5, 5.41) is 1.99. The highest BCUT2D eigenvalue weighted by Crippen LogP contribution is 2.45. The van der Waals surface area contributed by atoms with E-state index in [1.807, 2.05) is 24.3 Å². The van der Waals surface area contributed by atoms with Crippen molar-refractivity contribution in [3.05, 3.63) is 58.7 Å². The van der Waals surface area contributed by atoms with Crippen LogP contribution in [0.25, 0.3) is 21.9 Å². The zero-order valence-electron chi connectivity index (χ0n) is 15.3. The molecule has 0 unspecified atom stereocenters. The second-order valence-corrected chi connectivity index (χ2v) is 6.55. The molecule has 0 atom stereocenters. The molecular formula is C22H20O4. The lowest BCUT2D eigenvalue weighted by atomic mass is 9.88. The molecular weight excluding hydrogens is 328 g/mol. The fraction of sp³-hybridized carbons (Fsp3) is 0.227. The number of hydrogen-bond acceptors (Lipinski definition) is 4. The summed E-state index contributed by atoms with van der Waals surface area (Å²) in [6, 6.07) is 12.0. The van der Waals surface area contributed by atoms with Gasteiger partial charge in [0.15, 0.2) is 0 Å². The maximum absolute atomic E-state index is 12.5. The monoisotopic (exact) mass is 348 g/mol. The minimum atomic E-state index is -0.302. The van der Waals surface area contributed by atoms with Gasteiger partial charge >= 0.3 is 5.97 Å². The van der Waals surface area contributed by atoms with Crippen molar-refractivity contribution < 1.29 is 19.0 Å². The molecule has 0 radical (unpaired) electrons. The topological polar surface area (TPSA) is 44.8 Å². The predicted molar refractivity (Wildman–Crippen MR) is 101 cm³/mol. The molecule has 0 spiro atoms. The van der Waals surface area contributed by atoms with Crippen LogP contribution in [0.4, 0.5) is 0 Å². The van der Waals surface area contributed by atoms with E-state index in [-0.39, 0.29) is 12.6 Å². The Hall–Kier alpha value is -3.01. The lowest BCUT2D eigenvalue weighted by Gasteiger charge is -2.17. The number of methoxy groups -OCH3 is 2. The van der Waals surface area contributed by atoms with Gasteiger partial charge in [0, 0.05) is 16.5 Å². The number of hydrogen-bond donors (Lipinski definition) is 0. The molecule has 3 aromatic rings. The standard InChI is InChI=1S/C22H20O4/c1-12-9-16-17(10-13(12)2)21(25-4)18-11-26-22(23)20(18)19(16)14-5-7-15(24-3)8-6-14/h5-10H,11H2,1-4H3. The van der Waals surface area contributed by atoms with E-state index < -0.39 is 0 Å². The number of benzene rings is 3. The van der Waals surface area contributed by atoms with Crippen molar-refractivity contribution in [1.29, 1.82) is 0 Å². The van der Waals surface area contributed by atoms with Gasteiger partial charge < -0.3 is 14.2 Å². The summed E-state index contributed by atoms with van der Waals surface area (Å²) in [5.41, 5.74) is 5.62. The lowest BCUT2D eigenvalue weighted by molar-refractivity contribution is 0.0535. The molecule has 26 heavy (non-hydrogen) atoms. The third-order valence-corrected chi connectivity index (χ3v) is 5.11. The normalized spacial score (nSPS) is 12.8. The third kappa shape index (κ3) is 2.33. The molecule has 0 aliphatic carbocycles. The zero-order chi connectivity index (χ0) is 18.4. The highest BCUT2D eigenvalue weighted by atomic mass is 16.5. The molecule has 0 saturated heterocycles. The molecule has 4 nitrogen and oxygen atoms in total. The van der Waals surface area contributed by atoms with Gasteiger partial charge in [-0.1, -0.05) is 18.2 Å². The maximum Gasteiger partial charge on any atom is 0.339 e. The van der Waals surface area contributed by atoms with Crippen LogP contribution >= 0.6 is 0 Å². The van der Waals surface area contributed by atoms with E-state index >= 15 is 0 Å². The zero-order valence-corrected chi connectivity index (χ0v) is 15.3. The second kappa shape index (κ2) is 6.06. The Morgan fingerprint density at radius 2 is 1.54 bits per heavy atom. The number of ether oxygens (including phenoxy) is 3. The van der Waals surface area contributed by atoms with E-state index in [0.29, 0.717) is 5.56 Å². The largest absolute Gasteiger partial charge is 0.497 e. The van der Waals surface area contributed by atoms with E-state index in [1.54, 1.807) is 14.2 Å². The second-order valence-electron chi connectivity index (χ2n) is 6.55. The summed E-state index contributed by atoms with van der Waals surface area (Å²) in [6.07, 6.45) is 0. The number of fused-ring (bicyclic) bond motifs is 2. The van der Waals surface area contributed by atoms with Gasteiger partial charge in [0.1, 0.15) is 18.1 Å². The van der Waals surface area contributed by atoms with E-state index in [4.69, 9.17) is 14.2 Å². The molecule has 0 amide bonds. The highest BCUT2D eigenvalue weighted by molar-refractivity contribution is 6.13. The van der Waals surface area contributed by atoms with Gasteiger partial charge in [-0.25, -0.2) is 4.79 Å². The van der Waals surface area contributed by atoms with E-state index in [2.05, 4.69) is 26.0 Å². The van der Waals surface area contributed by atoms with Crippen molar-refractivity contribution in [3.63, 3.8) is 0 Å². The van der Waals surface area contributed by atoms with Gasteiger partial charge in [-0.2, -0.15) is 0 Å². The van der Waals surface area contributed by atoms with Crippen LogP contribution in [0.5, 0.6) is 11.5 Å². The Bertz CT molecular complexity index is 1030. The number of carbonyl (C=O) groups is 1. The van der Waals surface area contributed by atoms with Crippen molar-refractivity contribution in [2.75, 3.05) is 14.2 Å². The first-order valence-electron chi connectivity index (χ1n) is 8.50. The van der Waals surface area contributed by atoms with Crippen molar-refractivity contribution in [3.8, 4) is 22.6 Å². The first-order valence-corrected chi connectivity index (χ1v) is 8.50. The molecule has 0 bridgehead atoms. The van der Waals surface area contributed by atoms with Gasteiger partial charge in [0.05, 0.1) is 19.8 Å². The summed E-state index contributed by atoms with van der Waals surface area (Å²) in [5.74, 6) is 1.20. The first-order chi connectivity index (χ1) is 12.5. The van der Waals surface area contributed by atoms with Gasteiger partial charge in [-0.3, -0.25) is 0 Å². The van der Waals surface area contributed by atoms with Crippen LogP contribution in [0.3, 0.4) is 0 Å². The van der Waals surface area contributed by atoms with Gasteiger partial charge in [0.25, 0.3) is 0 Å². The molecule has 4 rings (SSSR count). The first kappa shape index (κ1) is 16.5. The minimum absolute atomic E-state index is 0.239. The van der Waals surface area contributed by atoms with Gasteiger partial charge in [0.2, 0.25) is 0 Å². The molecule has 0 fully saturated rings. The molecule has 0 N–H and O–H groups in total. The smallest absolute Gasteiger partial charge is 0.339 e. The lowest BCUT2D eigenvalue weighted by Crippen LogP contribution is -2.02. The SMILES string of the molecule is COc1ccc(-c2c3c(c(OC)c4cc(C)c(C)cc24)COC3=O)cc1. The predicted octanol–water partition coefficient (Wildman–Crippen LogP) is 4.81. The molecule has 132 valence electrons. The Kier molecular flexibility index (Phi) is 3.83. The summed E-state index contributed by atoms with van der Waals surface area (Å²) < 4.78 is 16.3. The Morgan fingerprint density at radius 1 is 0.885 bits per heavy atom. The third-order valence-electron chi connectivity index (χ3n) is 5.11. The minimum Gasteiger partial charge on any atom is -0.497 e. The van der Waals surface area contributed by atoms with E-state index in [0.717, 1.165) is 39.0 Å². The number of carbonyl (C=O) groups excluding carboxylic acids is 1. The Morgan fingerprint density at radius 3 is 2.15 bits per heavy atom. The Labute approximate surface area is 152 Å². The molecule has 1 heterocycles. The van der Waals surface area contributed by atoms with Crippen LogP contribution in [0, 0.1) is 13.8 Å². The van der Waals surface area contributed by atoms with Crippen LogP contribution in [0.15, 0.2) is 36.4 Å². The van der Waals surface area contributed by atoms with Crippen LogP contribution in [-0.4, -0.2) is 20.2 Å². The molecule has 1 aliphatic rings. The van der Waals surface area contributed by atoms with Gasteiger partial charge in [-0.15, -0.1) is 0 Å². The molecule has 4 heteroatoms. The fourth-order valence-corrected chi connectivity index (χ4v) is 3.64. The van der Waals surface area contributed by atoms with Gasteiger partial charge in [-0.05, 0) is 54.1 Å². The van der Waals surface area contributed by atoms with Crippen molar-refractivity contribution in [2.24, 2.45) is 0 Å². The van der Waals surface area contributed by atoms with E-state index in [9.17, 15) is 4.79 Å². The van der Waals surface area contributed by atoms with Crippen molar-refractivity contribution in [1.82, 2.24) is 0 Å². The molecule has 0 aromatic heterocycles. The summed E-state index contributed by atoms with van der Waals surface area (Å²) >= 11 is 0.